The number of rotatable bonds is 4. The normalized spacial score (nSPS) is 12.5. The van der Waals surface area contributed by atoms with Gasteiger partial charge in [0.05, 0.1) is 5.56 Å². The monoisotopic (exact) mass is 323 g/mol. The fourth-order valence-electron chi connectivity index (χ4n) is 1.87. The summed E-state index contributed by atoms with van der Waals surface area (Å²) in [6.07, 6.45) is -3.80. The molecule has 0 saturated carbocycles. The number of aromatic nitrogens is 1. The lowest BCUT2D eigenvalue weighted by Crippen LogP contribution is -2.37. The van der Waals surface area contributed by atoms with E-state index in [1.54, 1.807) is 30.3 Å². The van der Waals surface area contributed by atoms with E-state index in [9.17, 15) is 22.8 Å². The van der Waals surface area contributed by atoms with Gasteiger partial charge < -0.3 is 11.1 Å². The molecule has 0 radical (unpaired) electrons. The lowest BCUT2D eigenvalue weighted by Gasteiger charge is -2.16. The average Bonchev–Trinajstić information content (AvgIpc) is 2.52. The minimum Gasteiger partial charge on any atom is -0.368 e. The van der Waals surface area contributed by atoms with Gasteiger partial charge in [0.2, 0.25) is 5.91 Å². The summed E-state index contributed by atoms with van der Waals surface area (Å²) >= 11 is 0. The molecule has 0 aliphatic carbocycles. The van der Waals surface area contributed by atoms with Crippen molar-refractivity contribution in [3.05, 3.63) is 65.5 Å². The van der Waals surface area contributed by atoms with Gasteiger partial charge in [-0.1, -0.05) is 30.3 Å². The van der Waals surface area contributed by atoms with E-state index in [1.807, 2.05) is 0 Å². The van der Waals surface area contributed by atoms with Gasteiger partial charge in [-0.2, -0.15) is 13.2 Å². The molecule has 0 aliphatic rings. The minimum absolute atomic E-state index is 0.111. The van der Waals surface area contributed by atoms with Crippen LogP contribution in [0.25, 0.3) is 0 Å². The van der Waals surface area contributed by atoms with Crippen LogP contribution in [0.4, 0.5) is 13.2 Å². The molecule has 0 saturated heterocycles. The molecule has 120 valence electrons. The van der Waals surface area contributed by atoms with Crippen molar-refractivity contribution in [1.82, 2.24) is 10.3 Å². The van der Waals surface area contributed by atoms with Gasteiger partial charge in [-0.3, -0.25) is 14.6 Å². The molecule has 1 heterocycles. The van der Waals surface area contributed by atoms with E-state index >= 15 is 0 Å². The van der Waals surface area contributed by atoms with Gasteiger partial charge in [-0.25, -0.2) is 0 Å². The Morgan fingerprint density at radius 3 is 2.22 bits per heavy atom. The first-order chi connectivity index (χ1) is 10.8. The second kappa shape index (κ2) is 6.47. The first-order valence-corrected chi connectivity index (χ1v) is 6.47. The van der Waals surface area contributed by atoms with Gasteiger partial charge >= 0.3 is 6.18 Å². The number of primary amides is 1. The first-order valence-electron chi connectivity index (χ1n) is 6.47. The van der Waals surface area contributed by atoms with Crippen LogP contribution in [-0.4, -0.2) is 16.8 Å². The maximum absolute atomic E-state index is 12.4. The molecule has 5 nitrogen and oxygen atoms in total. The van der Waals surface area contributed by atoms with Gasteiger partial charge in [-0.15, -0.1) is 0 Å². The fraction of sp³-hybridized carbons (Fsp3) is 0.133. The maximum Gasteiger partial charge on any atom is 0.433 e. The molecule has 0 bridgehead atoms. The van der Waals surface area contributed by atoms with E-state index < -0.39 is 29.7 Å². The van der Waals surface area contributed by atoms with Crippen LogP contribution in [0.15, 0.2) is 48.7 Å². The molecule has 0 fully saturated rings. The summed E-state index contributed by atoms with van der Waals surface area (Å²) < 4.78 is 37.3. The van der Waals surface area contributed by atoms with E-state index in [1.165, 1.54) is 0 Å². The highest BCUT2D eigenvalue weighted by Gasteiger charge is 2.32. The van der Waals surface area contributed by atoms with Crippen molar-refractivity contribution in [2.45, 2.75) is 12.2 Å². The summed E-state index contributed by atoms with van der Waals surface area (Å²) in [5, 5.41) is 2.37. The zero-order chi connectivity index (χ0) is 17.0. The van der Waals surface area contributed by atoms with Crippen molar-refractivity contribution in [2.24, 2.45) is 5.73 Å². The highest BCUT2D eigenvalue weighted by Crippen LogP contribution is 2.27. The quantitative estimate of drug-likeness (QED) is 0.903. The van der Waals surface area contributed by atoms with Gasteiger partial charge in [0.15, 0.2) is 0 Å². The predicted octanol–water partition coefficient (Wildman–Crippen LogP) is 2.06. The molecule has 0 aliphatic heterocycles. The number of nitrogens with two attached hydrogens (primary N) is 1. The van der Waals surface area contributed by atoms with Crippen molar-refractivity contribution in [3.63, 3.8) is 0 Å². The molecule has 0 unspecified atom stereocenters. The van der Waals surface area contributed by atoms with E-state index in [2.05, 4.69) is 10.3 Å². The maximum atomic E-state index is 12.4. The van der Waals surface area contributed by atoms with Gasteiger partial charge in [0.1, 0.15) is 11.7 Å². The van der Waals surface area contributed by atoms with Gasteiger partial charge in [0.25, 0.3) is 5.91 Å². The molecular formula is C15H12F3N3O2. The van der Waals surface area contributed by atoms with Crippen LogP contribution in [0.5, 0.6) is 0 Å². The average molecular weight is 323 g/mol. The molecule has 1 aromatic carbocycles. The van der Waals surface area contributed by atoms with E-state index in [-0.39, 0.29) is 5.56 Å². The van der Waals surface area contributed by atoms with Crippen molar-refractivity contribution in [1.29, 1.82) is 0 Å². The summed E-state index contributed by atoms with van der Waals surface area (Å²) in [5.74, 6) is -1.54. The predicted molar refractivity (Wildman–Crippen MR) is 75.1 cm³/mol. The summed E-state index contributed by atoms with van der Waals surface area (Å²) in [6.45, 7) is 0. The zero-order valence-corrected chi connectivity index (χ0v) is 11.7. The molecule has 0 spiro atoms. The zero-order valence-electron chi connectivity index (χ0n) is 11.7. The highest BCUT2D eigenvalue weighted by atomic mass is 19.4. The van der Waals surface area contributed by atoms with E-state index in [4.69, 9.17) is 5.73 Å². The Kier molecular flexibility index (Phi) is 4.63. The van der Waals surface area contributed by atoms with Crippen LogP contribution < -0.4 is 11.1 Å². The molecular weight excluding hydrogens is 311 g/mol. The van der Waals surface area contributed by atoms with E-state index in [0.29, 0.717) is 11.6 Å². The number of hydrogen-bond donors (Lipinski definition) is 2. The lowest BCUT2D eigenvalue weighted by molar-refractivity contribution is -0.141. The number of carbonyl (C=O) groups is 2. The second-order valence-electron chi connectivity index (χ2n) is 4.65. The van der Waals surface area contributed by atoms with Gasteiger partial charge in [0, 0.05) is 6.20 Å². The van der Waals surface area contributed by atoms with Crippen molar-refractivity contribution in [3.8, 4) is 0 Å². The minimum atomic E-state index is -4.59. The number of hydrogen-bond acceptors (Lipinski definition) is 3. The Labute approximate surface area is 129 Å². The Hall–Kier alpha value is -2.90. The van der Waals surface area contributed by atoms with Crippen molar-refractivity contribution < 1.29 is 22.8 Å². The fourth-order valence-corrected chi connectivity index (χ4v) is 1.87. The number of halogens is 3. The standard InChI is InChI=1S/C15H12F3N3O2/c16-15(17,18)11-7-6-10(8-20-11)14(23)21-12(13(19)22)9-4-2-1-3-5-9/h1-8,12H,(H2,19,22)(H,21,23)/t12-/m0/s1. The third kappa shape index (κ3) is 4.06. The van der Waals surface area contributed by atoms with Crippen molar-refractivity contribution >= 4 is 11.8 Å². The van der Waals surface area contributed by atoms with Crippen LogP contribution in [0.1, 0.15) is 27.7 Å². The first kappa shape index (κ1) is 16.5. The SMILES string of the molecule is NC(=O)[C@@H](NC(=O)c1ccc(C(F)(F)F)nc1)c1ccccc1. The molecule has 2 aromatic rings. The lowest BCUT2D eigenvalue weighted by atomic mass is 10.1. The number of benzene rings is 1. The molecule has 3 N–H and O–H groups in total. The summed E-state index contributed by atoms with van der Waals surface area (Å²) in [5.41, 5.74) is 4.51. The number of alkyl halides is 3. The molecule has 2 rings (SSSR count). The molecule has 23 heavy (non-hydrogen) atoms. The number of amides is 2. The second-order valence-corrected chi connectivity index (χ2v) is 4.65. The number of nitrogens with one attached hydrogen (secondary N) is 1. The number of nitrogens with zero attached hydrogens (tertiary/aromatic N) is 1. The molecule has 2 amide bonds. The molecule has 1 aromatic heterocycles. The highest BCUT2D eigenvalue weighted by molar-refractivity contribution is 5.97. The smallest absolute Gasteiger partial charge is 0.368 e. The Morgan fingerprint density at radius 2 is 1.74 bits per heavy atom. The molecule has 1 atom stereocenters. The number of carbonyl (C=O) groups excluding carboxylic acids is 2. The summed E-state index contributed by atoms with van der Waals surface area (Å²) in [6, 6.07) is 8.83. The van der Waals surface area contributed by atoms with Crippen LogP contribution in [0.3, 0.4) is 0 Å². The summed E-state index contributed by atoms with van der Waals surface area (Å²) in [4.78, 5) is 26.7. The Bertz CT molecular complexity index is 700. The topological polar surface area (TPSA) is 85.1 Å². The summed E-state index contributed by atoms with van der Waals surface area (Å²) in [7, 11) is 0. The van der Waals surface area contributed by atoms with Crippen LogP contribution >= 0.6 is 0 Å². The van der Waals surface area contributed by atoms with Crippen LogP contribution in [0, 0.1) is 0 Å². The molecule has 8 heteroatoms. The Morgan fingerprint density at radius 1 is 1.09 bits per heavy atom. The Balaban J connectivity index is 2.18. The third-order valence-electron chi connectivity index (χ3n) is 3.01. The number of pyridine rings is 1. The van der Waals surface area contributed by atoms with E-state index in [0.717, 1.165) is 12.3 Å². The third-order valence-corrected chi connectivity index (χ3v) is 3.01. The largest absolute Gasteiger partial charge is 0.433 e. The van der Waals surface area contributed by atoms with Crippen LogP contribution in [-0.2, 0) is 11.0 Å². The van der Waals surface area contributed by atoms with Crippen LogP contribution in [0.2, 0.25) is 0 Å². The van der Waals surface area contributed by atoms with Crippen molar-refractivity contribution in [2.75, 3.05) is 0 Å². The van der Waals surface area contributed by atoms with Gasteiger partial charge in [-0.05, 0) is 17.7 Å².